The van der Waals surface area contributed by atoms with Crippen molar-refractivity contribution in [2.45, 2.75) is 6.54 Å². The molecule has 5 nitrogen and oxygen atoms in total. The molecule has 0 radical (unpaired) electrons. The number of thiazole rings is 1. The van der Waals surface area contributed by atoms with Crippen molar-refractivity contribution in [3.63, 3.8) is 0 Å². The smallest absolute Gasteiger partial charge is 0.207 e. The highest BCUT2D eigenvalue weighted by atomic mass is 32.1. The summed E-state index contributed by atoms with van der Waals surface area (Å²) >= 11 is 1.56. The van der Waals surface area contributed by atoms with Crippen molar-refractivity contribution in [2.24, 2.45) is 5.10 Å². The minimum Gasteiger partial charge on any atom is -0.508 e. The van der Waals surface area contributed by atoms with Crippen molar-refractivity contribution >= 4 is 32.9 Å². The molecule has 0 fully saturated rings. The number of hydrogen-bond donors (Lipinski definition) is 2. The van der Waals surface area contributed by atoms with Crippen LogP contribution in [-0.2, 0) is 6.54 Å². The van der Waals surface area contributed by atoms with Gasteiger partial charge in [-0.3, -0.25) is 0 Å². The topological polar surface area (TPSA) is 69.0 Å². The zero-order valence-corrected chi connectivity index (χ0v) is 15.2. The number of hydrazone groups is 1. The fourth-order valence-corrected chi connectivity index (χ4v) is 3.58. The summed E-state index contributed by atoms with van der Waals surface area (Å²) in [5, 5.41) is 26.7. The van der Waals surface area contributed by atoms with Crippen LogP contribution < -0.4 is 5.01 Å². The zero-order valence-electron chi connectivity index (χ0n) is 14.4. The molecule has 0 aliphatic carbocycles. The fourth-order valence-electron chi connectivity index (χ4n) is 2.66. The molecule has 1 heterocycles. The van der Waals surface area contributed by atoms with Gasteiger partial charge in [0, 0.05) is 5.56 Å². The lowest BCUT2D eigenvalue weighted by molar-refractivity contribution is 0.459. The van der Waals surface area contributed by atoms with Crippen molar-refractivity contribution in [1.29, 1.82) is 0 Å². The third-order valence-electron chi connectivity index (χ3n) is 4.03. The van der Waals surface area contributed by atoms with E-state index in [1.807, 2.05) is 54.6 Å². The Labute approximate surface area is 160 Å². The van der Waals surface area contributed by atoms with Gasteiger partial charge in [0.2, 0.25) is 5.13 Å². The van der Waals surface area contributed by atoms with E-state index in [1.165, 1.54) is 24.4 Å². The Hall–Kier alpha value is -3.38. The molecular weight excluding hydrogens is 358 g/mol. The summed E-state index contributed by atoms with van der Waals surface area (Å²) in [4.78, 5) is 4.68. The first kappa shape index (κ1) is 17.1. The van der Waals surface area contributed by atoms with Gasteiger partial charge in [-0.15, -0.1) is 0 Å². The maximum atomic E-state index is 9.99. The molecule has 0 bridgehead atoms. The van der Waals surface area contributed by atoms with Gasteiger partial charge < -0.3 is 10.2 Å². The van der Waals surface area contributed by atoms with Crippen LogP contribution in [0.4, 0.5) is 5.13 Å². The monoisotopic (exact) mass is 375 g/mol. The summed E-state index contributed by atoms with van der Waals surface area (Å²) in [5.74, 6) is 0.129. The van der Waals surface area contributed by atoms with Crippen LogP contribution in [-0.4, -0.2) is 21.4 Å². The Balaban J connectivity index is 1.71. The van der Waals surface area contributed by atoms with E-state index in [1.54, 1.807) is 16.3 Å². The first-order valence-corrected chi connectivity index (χ1v) is 9.24. The minimum absolute atomic E-state index is 0.0560. The summed E-state index contributed by atoms with van der Waals surface area (Å²) in [6, 6.07) is 22.3. The average Bonchev–Trinajstić information content (AvgIpc) is 3.12. The first-order valence-electron chi connectivity index (χ1n) is 8.42. The molecule has 0 saturated heterocycles. The molecule has 0 aliphatic rings. The standard InChI is InChI=1S/C21H17N3O2S/c25-17-10-11-19(26)16(12-17)13-22-24(14-15-6-2-1-3-7-15)21-23-18-8-4-5-9-20(18)27-21/h1-13,25-26H,14H2. The molecule has 3 aromatic carbocycles. The number of aromatic hydroxyl groups is 2. The molecule has 0 aliphatic heterocycles. The summed E-state index contributed by atoms with van der Waals surface area (Å²) in [5.41, 5.74) is 2.45. The maximum Gasteiger partial charge on any atom is 0.207 e. The number of phenolic OH excluding ortho intramolecular Hbond substituents is 2. The van der Waals surface area contributed by atoms with E-state index < -0.39 is 0 Å². The number of aromatic nitrogens is 1. The second kappa shape index (κ2) is 7.47. The molecule has 1 aromatic heterocycles. The van der Waals surface area contributed by atoms with Crippen molar-refractivity contribution in [2.75, 3.05) is 5.01 Å². The predicted octanol–water partition coefficient (Wildman–Crippen LogP) is 4.75. The highest BCUT2D eigenvalue weighted by Crippen LogP contribution is 2.30. The highest BCUT2D eigenvalue weighted by molar-refractivity contribution is 7.22. The quantitative estimate of drug-likeness (QED) is 0.300. The van der Waals surface area contributed by atoms with E-state index in [2.05, 4.69) is 10.1 Å². The van der Waals surface area contributed by atoms with Gasteiger partial charge >= 0.3 is 0 Å². The van der Waals surface area contributed by atoms with E-state index in [0.717, 1.165) is 20.9 Å². The van der Waals surface area contributed by atoms with Crippen LogP contribution >= 0.6 is 11.3 Å². The third-order valence-corrected chi connectivity index (χ3v) is 5.08. The highest BCUT2D eigenvalue weighted by Gasteiger charge is 2.12. The molecule has 27 heavy (non-hydrogen) atoms. The lowest BCUT2D eigenvalue weighted by Crippen LogP contribution is -2.15. The van der Waals surface area contributed by atoms with Gasteiger partial charge in [-0.05, 0) is 35.9 Å². The number of nitrogens with zero attached hydrogens (tertiary/aromatic N) is 3. The SMILES string of the molecule is Oc1ccc(O)c(C=NN(Cc2ccccc2)c2nc3ccccc3s2)c1. The van der Waals surface area contributed by atoms with Crippen LogP contribution in [0, 0.1) is 0 Å². The van der Waals surface area contributed by atoms with Crippen LogP contribution in [0.1, 0.15) is 11.1 Å². The molecule has 0 saturated carbocycles. The number of benzene rings is 3. The second-order valence-corrected chi connectivity index (χ2v) is 7.00. The molecule has 0 unspecified atom stereocenters. The van der Waals surface area contributed by atoms with Gasteiger partial charge in [-0.25, -0.2) is 9.99 Å². The normalized spacial score (nSPS) is 11.3. The van der Waals surface area contributed by atoms with Gasteiger partial charge in [0.15, 0.2) is 0 Å². The van der Waals surface area contributed by atoms with Crippen LogP contribution in [0.25, 0.3) is 10.2 Å². The molecule has 134 valence electrons. The average molecular weight is 375 g/mol. The molecule has 4 rings (SSSR count). The van der Waals surface area contributed by atoms with Crippen molar-refractivity contribution < 1.29 is 10.2 Å². The van der Waals surface area contributed by atoms with Gasteiger partial charge in [0.05, 0.1) is 23.0 Å². The van der Waals surface area contributed by atoms with Crippen LogP contribution in [0.15, 0.2) is 77.9 Å². The molecule has 0 atom stereocenters. The fraction of sp³-hybridized carbons (Fsp3) is 0.0476. The lowest BCUT2D eigenvalue weighted by Gasteiger charge is -2.16. The molecule has 0 spiro atoms. The molecular formula is C21H17N3O2S. The summed E-state index contributed by atoms with van der Waals surface area (Å²) in [6.45, 7) is 0.538. The largest absolute Gasteiger partial charge is 0.508 e. The van der Waals surface area contributed by atoms with Gasteiger partial charge in [0.1, 0.15) is 11.5 Å². The predicted molar refractivity (Wildman–Crippen MR) is 110 cm³/mol. The minimum atomic E-state index is 0.0560. The van der Waals surface area contributed by atoms with Crippen LogP contribution in [0.5, 0.6) is 11.5 Å². The van der Waals surface area contributed by atoms with E-state index in [-0.39, 0.29) is 11.5 Å². The van der Waals surface area contributed by atoms with E-state index in [0.29, 0.717) is 12.1 Å². The van der Waals surface area contributed by atoms with Gasteiger partial charge in [-0.2, -0.15) is 5.10 Å². The zero-order chi connectivity index (χ0) is 18.6. The number of fused-ring (bicyclic) bond motifs is 1. The van der Waals surface area contributed by atoms with Crippen LogP contribution in [0.2, 0.25) is 0 Å². The van der Waals surface area contributed by atoms with E-state index in [4.69, 9.17) is 0 Å². The Kier molecular flexibility index (Phi) is 4.72. The lowest BCUT2D eigenvalue weighted by atomic mass is 10.2. The van der Waals surface area contributed by atoms with E-state index in [9.17, 15) is 10.2 Å². The summed E-state index contributed by atoms with van der Waals surface area (Å²) in [7, 11) is 0. The number of phenols is 2. The Bertz CT molecular complexity index is 1060. The molecule has 0 amide bonds. The number of anilines is 1. The Morgan fingerprint density at radius 3 is 2.56 bits per heavy atom. The van der Waals surface area contributed by atoms with Crippen LogP contribution in [0.3, 0.4) is 0 Å². The number of rotatable bonds is 5. The third kappa shape index (κ3) is 3.91. The Morgan fingerprint density at radius 1 is 0.963 bits per heavy atom. The maximum absolute atomic E-state index is 9.99. The van der Waals surface area contributed by atoms with Crippen molar-refractivity contribution in [3.05, 3.63) is 83.9 Å². The molecule has 6 heteroatoms. The number of para-hydroxylation sites is 1. The van der Waals surface area contributed by atoms with Crippen molar-refractivity contribution in [1.82, 2.24) is 4.98 Å². The van der Waals surface area contributed by atoms with Gasteiger partial charge in [-0.1, -0.05) is 53.8 Å². The van der Waals surface area contributed by atoms with Crippen molar-refractivity contribution in [3.8, 4) is 11.5 Å². The second-order valence-electron chi connectivity index (χ2n) is 6.00. The van der Waals surface area contributed by atoms with Gasteiger partial charge in [0.25, 0.3) is 0 Å². The number of hydrogen-bond acceptors (Lipinski definition) is 6. The van der Waals surface area contributed by atoms with E-state index >= 15 is 0 Å². The first-order chi connectivity index (χ1) is 13.2. The summed E-state index contributed by atoms with van der Waals surface area (Å²) in [6.07, 6.45) is 1.53. The molecule has 2 N–H and O–H groups in total. The summed E-state index contributed by atoms with van der Waals surface area (Å²) < 4.78 is 1.08. The Morgan fingerprint density at radius 2 is 1.74 bits per heavy atom. The molecule has 4 aromatic rings.